The SMILES string of the molecule is CI.C[C@@]1(CO)CC(F)C(n2ccc(N)nc2=O)O1. The highest BCUT2D eigenvalue weighted by Gasteiger charge is 2.44. The number of hydrogen-bond donors (Lipinski definition) is 2. The summed E-state index contributed by atoms with van der Waals surface area (Å²) in [6.07, 6.45) is -1.06. The molecule has 1 aliphatic rings. The van der Waals surface area contributed by atoms with Crippen LogP contribution in [0.3, 0.4) is 0 Å². The van der Waals surface area contributed by atoms with Crippen LogP contribution in [-0.2, 0) is 4.74 Å². The minimum Gasteiger partial charge on any atom is -0.393 e. The molecule has 3 N–H and O–H groups in total. The fourth-order valence-electron chi connectivity index (χ4n) is 1.88. The predicted molar refractivity (Wildman–Crippen MR) is 78.0 cm³/mol. The van der Waals surface area contributed by atoms with E-state index in [2.05, 4.69) is 27.6 Å². The van der Waals surface area contributed by atoms with Crippen LogP contribution >= 0.6 is 22.6 Å². The molecule has 8 heteroatoms. The van der Waals surface area contributed by atoms with E-state index < -0.39 is 23.7 Å². The average molecular weight is 385 g/mol. The van der Waals surface area contributed by atoms with Gasteiger partial charge in [-0.2, -0.15) is 4.98 Å². The number of nitrogens with zero attached hydrogens (tertiary/aromatic N) is 2. The van der Waals surface area contributed by atoms with Gasteiger partial charge in [-0.3, -0.25) is 4.57 Å². The van der Waals surface area contributed by atoms with Crippen molar-refractivity contribution in [1.82, 2.24) is 9.55 Å². The summed E-state index contributed by atoms with van der Waals surface area (Å²) < 4.78 is 20.2. The van der Waals surface area contributed by atoms with E-state index in [-0.39, 0.29) is 18.8 Å². The molecular weight excluding hydrogens is 368 g/mol. The molecule has 0 bridgehead atoms. The van der Waals surface area contributed by atoms with Crippen LogP contribution in [0.15, 0.2) is 17.1 Å². The molecule has 0 aliphatic carbocycles. The molecule has 0 aromatic carbocycles. The first-order chi connectivity index (χ1) is 8.95. The summed E-state index contributed by atoms with van der Waals surface area (Å²) in [7, 11) is 0. The smallest absolute Gasteiger partial charge is 0.351 e. The largest absolute Gasteiger partial charge is 0.393 e. The second kappa shape index (κ2) is 6.62. The zero-order valence-corrected chi connectivity index (χ0v) is 12.9. The third-order valence-electron chi connectivity index (χ3n) is 2.80. The van der Waals surface area contributed by atoms with Crippen molar-refractivity contribution >= 4 is 28.4 Å². The minimum absolute atomic E-state index is 0.0327. The van der Waals surface area contributed by atoms with E-state index in [0.29, 0.717) is 0 Å². The van der Waals surface area contributed by atoms with Crippen molar-refractivity contribution in [1.29, 1.82) is 0 Å². The lowest BCUT2D eigenvalue weighted by atomic mass is 10.0. The number of aliphatic hydroxyl groups is 1. The number of ether oxygens (including phenoxy) is 1. The Morgan fingerprint density at radius 1 is 1.74 bits per heavy atom. The molecule has 1 aliphatic heterocycles. The lowest BCUT2D eigenvalue weighted by molar-refractivity contribution is -0.0951. The van der Waals surface area contributed by atoms with Crippen molar-refractivity contribution in [2.75, 3.05) is 17.3 Å². The van der Waals surface area contributed by atoms with Crippen LogP contribution < -0.4 is 11.4 Å². The first-order valence-corrected chi connectivity index (χ1v) is 7.76. The fourth-order valence-corrected chi connectivity index (χ4v) is 1.88. The van der Waals surface area contributed by atoms with E-state index in [1.807, 2.05) is 4.93 Å². The molecule has 2 heterocycles. The molecule has 6 nitrogen and oxygen atoms in total. The van der Waals surface area contributed by atoms with Crippen LogP contribution in [0.4, 0.5) is 10.2 Å². The molecule has 108 valence electrons. The van der Waals surface area contributed by atoms with E-state index in [0.717, 1.165) is 4.57 Å². The Bertz CT molecular complexity index is 484. The molecule has 0 spiro atoms. The van der Waals surface area contributed by atoms with E-state index in [9.17, 15) is 9.18 Å². The van der Waals surface area contributed by atoms with Crippen molar-refractivity contribution < 1.29 is 14.2 Å². The second-order valence-corrected chi connectivity index (χ2v) is 4.38. The molecule has 3 atom stereocenters. The van der Waals surface area contributed by atoms with Gasteiger partial charge in [0, 0.05) is 12.6 Å². The monoisotopic (exact) mass is 385 g/mol. The van der Waals surface area contributed by atoms with Gasteiger partial charge in [-0.15, -0.1) is 0 Å². The lowest BCUT2D eigenvalue weighted by Crippen LogP contribution is -2.32. The van der Waals surface area contributed by atoms with Crippen molar-refractivity contribution in [3.8, 4) is 0 Å². The maximum atomic E-state index is 13.8. The topological polar surface area (TPSA) is 90.4 Å². The van der Waals surface area contributed by atoms with Gasteiger partial charge in [0.2, 0.25) is 0 Å². The van der Waals surface area contributed by atoms with Crippen molar-refractivity contribution in [2.24, 2.45) is 0 Å². The summed E-state index contributed by atoms with van der Waals surface area (Å²) >= 11 is 2.15. The number of aliphatic hydroxyl groups excluding tert-OH is 1. The molecule has 1 aromatic rings. The van der Waals surface area contributed by atoms with Crippen molar-refractivity contribution in [3.05, 3.63) is 22.7 Å². The maximum Gasteiger partial charge on any atom is 0.351 e. The van der Waals surface area contributed by atoms with Gasteiger partial charge in [-0.25, -0.2) is 9.18 Å². The Labute approximate surface area is 123 Å². The predicted octanol–water partition coefficient (Wildman–Crippen LogP) is 0.885. The van der Waals surface area contributed by atoms with Crippen LogP contribution in [0, 0.1) is 0 Å². The number of nitrogens with two attached hydrogens (primary N) is 1. The van der Waals surface area contributed by atoms with Gasteiger partial charge in [0.25, 0.3) is 0 Å². The second-order valence-electron chi connectivity index (χ2n) is 4.38. The first kappa shape index (κ1) is 16.3. The third-order valence-corrected chi connectivity index (χ3v) is 2.80. The Morgan fingerprint density at radius 2 is 2.37 bits per heavy atom. The Morgan fingerprint density at radius 3 is 2.84 bits per heavy atom. The Kier molecular flexibility index (Phi) is 5.68. The quantitative estimate of drug-likeness (QED) is 0.583. The average Bonchev–Trinajstić information content (AvgIpc) is 2.68. The summed E-state index contributed by atoms with van der Waals surface area (Å²) in [6, 6.07) is 1.39. The number of hydrogen-bond acceptors (Lipinski definition) is 5. The van der Waals surface area contributed by atoms with Crippen LogP contribution in [0.5, 0.6) is 0 Å². The summed E-state index contributed by atoms with van der Waals surface area (Å²) in [5, 5.41) is 9.11. The molecule has 1 fully saturated rings. The van der Waals surface area contributed by atoms with E-state index in [1.165, 1.54) is 12.3 Å². The highest BCUT2D eigenvalue weighted by molar-refractivity contribution is 14.1. The highest BCUT2D eigenvalue weighted by atomic mass is 127. The first-order valence-electron chi connectivity index (χ1n) is 5.60. The zero-order valence-electron chi connectivity index (χ0n) is 10.7. The summed E-state index contributed by atoms with van der Waals surface area (Å²) in [5.41, 5.74) is 3.71. The molecule has 2 rings (SSSR count). The maximum absolute atomic E-state index is 13.8. The standard InChI is InChI=1S/C10H14FN3O3.CH3I/c1-10(5-15)4-6(11)8(17-10)14-3-2-7(12)13-9(14)16;1-2/h2-3,6,8,15H,4-5H2,1H3,(H2,12,13,16);1H3/t6?,8?,10-;/m0./s1. The van der Waals surface area contributed by atoms with Crippen LogP contribution in [0.2, 0.25) is 0 Å². The number of alkyl halides is 2. The van der Waals surface area contributed by atoms with Crippen molar-refractivity contribution in [2.45, 2.75) is 31.3 Å². The van der Waals surface area contributed by atoms with Gasteiger partial charge < -0.3 is 15.6 Å². The fraction of sp³-hybridized carbons (Fsp3) is 0.636. The van der Waals surface area contributed by atoms with Crippen LogP contribution in [0.1, 0.15) is 19.6 Å². The number of halogens is 2. The van der Waals surface area contributed by atoms with Crippen LogP contribution in [-0.4, -0.2) is 38.0 Å². The number of rotatable bonds is 2. The van der Waals surface area contributed by atoms with Crippen molar-refractivity contribution in [3.63, 3.8) is 0 Å². The molecule has 1 aromatic heterocycles. The molecule has 1 saturated heterocycles. The number of nitrogen functional groups attached to an aromatic ring is 1. The van der Waals surface area contributed by atoms with Gasteiger partial charge in [0.1, 0.15) is 12.0 Å². The summed E-state index contributed by atoms with van der Waals surface area (Å²) in [6.45, 7) is 1.29. The van der Waals surface area contributed by atoms with Crippen LogP contribution in [0.25, 0.3) is 0 Å². The Hall–Kier alpha value is -0.740. The Balaban J connectivity index is 0.000000861. The normalized spacial score (nSPS) is 29.7. The molecule has 0 saturated carbocycles. The minimum atomic E-state index is -1.37. The molecule has 19 heavy (non-hydrogen) atoms. The number of aromatic nitrogens is 2. The molecular formula is C11H17FIN3O3. The summed E-state index contributed by atoms with van der Waals surface area (Å²) in [5.74, 6) is 0.0737. The zero-order chi connectivity index (χ0) is 14.6. The third kappa shape index (κ3) is 3.63. The van der Waals surface area contributed by atoms with Gasteiger partial charge in [0.05, 0.1) is 12.2 Å². The molecule has 2 unspecified atom stereocenters. The number of anilines is 1. The summed E-state index contributed by atoms with van der Waals surface area (Å²) in [4.78, 5) is 17.0. The van der Waals surface area contributed by atoms with Gasteiger partial charge in [0.15, 0.2) is 6.23 Å². The van der Waals surface area contributed by atoms with Gasteiger partial charge in [-0.05, 0) is 17.9 Å². The van der Waals surface area contributed by atoms with Gasteiger partial charge >= 0.3 is 5.69 Å². The van der Waals surface area contributed by atoms with Gasteiger partial charge in [-0.1, -0.05) is 22.6 Å². The molecule has 0 radical (unpaired) electrons. The lowest BCUT2D eigenvalue weighted by Gasteiger charge is -2.21. The van der Waals surface area contributed by atoms with E-state index in [4.69, 9.17) is 15.6 Å². The van der Waals surface area contributed by atoms with E-state index >= 15 is 0 Å². The highest BCUT2D eigenvalue weighted by Crippen LogP contribution is 2.37. The van der Waals surface area contributed by atoms with E-state index in [1.54, 1.807) is 6.92 Å². The molecule has 0 amide bonds.